The van der Waals surface area contributed by atoms with E-state index in [1.807, 2.05) is 0 Å². The largest absolute Gasteiger partial charge is 0.480 e. The number of hydrogen-bond donors (Lipinski definition) is 4. The summed E-state index contributed by atoms with van der Waals surface area (Å²) in [5.41, 5.74) is 5.22. The van der Waals surface area contributed by atoms with E-state index in [1.54, 1.807) is 0 Å². The van der Waals surface area contributed by atoms with Crippen molar-refractivity contribution >= 4 is 26.5 Å². The molecule has 0 spiro atoms. The molecular formula is C6H14NO5PS. The lowest BCUT2D eigenvalue weighted by molar-refractivity contribution is -0.138. The third-order valence-corrected chi connectivity index (χ3v) is 3.55. The van der Waals surface area contributed by atoms with E-state index in [0.29, 0.717) is 12.8 Å². The normalized spacial score (nSPS) is 17.4. The molecule has 14 heavy (non-hydrogen) atoms. The smallest absolute Gasteiger partial charge is 0.338 e. The van der Waals surface area contributed by atoms with Gasteiger partial charge in [0.05, 0.1) is 6.16 Å². The molecule has 6 nitrogen and oxygen atoms in total. The maximum absolute atomic E-state index is 10.9. The highest BCUT2D eigenvalue weighted by Gasteiger charge is 2.18. The summed E-state index contributed by atoms with van der Waals surface area (Å²) in [6, 6.07) is -0.912. The molecule has 0 fully saturated rings. The highest BCUT2D eigenvalue weighted by Crippen LogP contribution is 2.43. The number of aliphatic carboxylic acids is 1. The molecule has 2 atom stereocenters. The highest BCUT2D eigenvalue weighted by molar-refractivity contribution is 7.81. The van der Waals surface area contributed by atoms with E-state index in [-0.39, 0.29) is 12.6 Å². The predicted octanol–water partition coefficient (Wildman–Crippen LogP) is 0.615. The van der Waals surface area contributed by atoms with Gasteiger partial charge in [0, 0.05) is 0 Å². The fourth-order valence-corrected chi connectivity index (χ4v) is 1.79. The van der Waals surface area contributed by atoms with E-state index in [4.69, 9.17) is 15.7 Å². The second-order valence-electron chi connectivity index (χ2n) is 2.88. The van der Waals surface area contributed by atoms with E-state index in [2.05, 4.69) is 16.9 Å². The zero-order valence-electron chi connectivity index (χ0n) is 7.50. The van der Waals surface area contributed by atoms with Crippen molar-refractivity contribution < 1.29 is 23.3 Å². The summed E-state index contributed by atoms with van der Waals surface area (Å²) in [7, 11) is -3.58. The van der Waals surface area contributed by atoms with Crippen molar-refractivity contribution in [3.05, 3.63) is 0 Å². The zero-order valence-corrected chi connectivity index (χ0v) is 9.29. The van der Waals surface area contributed by atoms with Gasteiger partial charge in [0.2, 0.25) is 0 Å². The Labute approximate surface area is 87.6 Å². The van der Waals surface area contributed by atoms with Crippen LogP contribution in [0.4, 0.5) is 0 Å². The second-order valence-corrected chi connectivity index (χ2v) is 5.26. The molecule has 2 unspecified atom stereocenters. The number of nitrogens with two attached hydrogens (primary N) is 1. The van der Waals surface area contributed by atoms with E-state index >= 15 is 0 Å². The van der Waals surface area contributed by atoms with Crippen LogP contribution in [0.3, 0.4) is 0 Å². The molecule has 0 aliphatic heterocycles. The number of thiol groups is 1. The van der Waals surface area contributed by atoms with Crippen molar-refractivity contribution in [1.82, 2.24) is 0 Å². The lowest BCUT2D eigenvalue weighted by Crippen LogP contribution is -2.29. The average molecular weight is 243 g/mol. The Kier molecular flexibility index (Phi) is 6.39. The van der Waals surface area contributed by atoms with Gasteiger partial charge in [0.1, 0.15) is 6.04 Å². The summed E-state index contributed by atoms with van der Waals surface area (Å²) in [4.78, 5) is 19.2. The minimum absolute atomic E-state index is 0.0389. The van der Waals surface area contributed by atoms with E-state index in [1.165, 1.54) is 0 Å². The molecule has 0 saturated carbocycles. The number of rotatable bonds is 7. The number of hydrogen-bond acceptors (Lipinski definition) is 5. The van der Waals surface area contributed by atoms with Crippen LogP contribution in [-0.2, 0) is 13.3 Å². The molecule has 0 aromatic rings. The fraction of sp³-hybridized carbons (Fsp3) is 0.833. The van der Waals surface area contributed by atoms with E-state index in [0.717, 1.165) is 0 Å². The molecule has 0 rings (SSSR count). The quantitative estimate of drug-likeness (QED) is 0.226. The van der Waals surface area contributed by atoms with Crippen LogP contribution >= 0.6 is 20.5 Å². The summed E-state index contributed by atoms with van der Waals surface area (Å²) in [5, 5.41) is 8.42. The van der Waals surface area contributed by atoms with Gasteiger partial charge in [0.25, 0.3) is 0 Å². The lowest BCUT2D eigenvalue weighted by atomic mass is 10.1. The van der Waals surface area contributed by atoms with Gasteiger partial charge < -0.3 is 15.7 Å². The molecule has 0 aromatic carbocycles. The molecule has 0 radical (unpaired) electrons. The third kappa shape index (κ3) is 6.39. The van der Waals surface area contributed by atoms with Crippen LogP contribution in [-0.4, -0.2) is 28.2 Å². The molecule has 4 N–H and O–H groups in total. The van der Waals surface area contributed by atoms with Crippen LogP contribution in [0.15, 0.2) is 0 Å². The minimum Gasteiger partial charge on any atom is -0.480 e. The standard InChI is InChI=1S/C6H14NO5PS/c7-5(6(8)9)3-1-2-4-13(10,11)12-14/h5,14H,1-4,7H2,(H,8,9)(H,10,11). The van der Waals surface area contributed by atoms with Gasteiger partial charge in [-0.2, -0.15) is 0 Å². The van der Waals surface area contributed by atoms with Gasteiger partial charge in [-0.3, -0.25) is 9.36 Å². The molecule has 0 aliphatic rings. The van der Waals surface area contributed by atoms with Crippen LogP contribution in [0.5, 0.6) is 0 Å². The topological polar surface area (TPSA) is 110 Å². The number of carboxylic acids is 1. The van der Waals surface area contributed by atoms with Gasteiger partial charge in [0.15, 0.2) is 0 Å². The maximum atomic E-state index is 10.9. The number of unbranched alkanes of at least 4 members (excludes halogenated alkanes) is 1. The SMILES string of the molecule is NC(CCCCP(=O)(O)OS)C(=O)O. The molecule has 0 heterocycles. The molecule has 0 amide bonds. The van der Waals surface area contributed by atoms with Crippen LogP contribution in [0.1, 0.15) is 19.3 Å². The average Bonchev–Trinajstić information content (AvgIpc) is 2.12. The summed E-state index contributed by atoms with van der Waals surface area (Å²) in [5.74, 6) is -1.07. The van der Waals surface area contributed by atoms with Crippen LogP contribution < -0.4 is 5.73 Å². The lowest BCUT2D eigenvalue weighted by Gasteiger charge is -2.08. The fourth-order valence-electron chi connectivity index (χ4n) is 0.840. The summed E-state index contributed by atoms with van der Waals surface area (Å²) < 4.78 is 14.9. The van der Waals surface area contributed by atoms with Crippen LogP contribution in [0.25, 0.3) is 0 Å². The van der Waals surface area contributed by atoms with E-state index in [9.17, 15) is 9.36 Å². The molecule has 84 valence electrons. The van der Waals surface area contributed by atoms with Crippen molar-refractivity contribution in [2.45, 2.75) is 25.3 Å². The molecule has 8 heteroatoms. The Bertz CT molecular complexity index is 236. The first-order valence-corrected chi connectivity index (χ1v) is 6.15. The molecule has 0 bridgehead atoms. The number of carbonyl (C=O) groups is 1. The van der Waals surface area contributed by atoms with Gasteiger partial charge in [-0.25, -0.2) is 3.97 Å². The Morgan fingerprint density at radius 1 is 1.57 bits per heavy atom. The highest BCUT2D eigenvalue weighted by atomic mass is 32.1. The molecule has 0 aromatic heterocycles. The Morgan fingerprint density at radius 2 is 2.14 bits per heavy atom. The zero-order chi connectivity index (χ0) is 11.2. The summed E-state index contributed by atoms with van der Waals surface area (Å²) in [6.45, 7) is 0. The molecular weight excluding hydrogens is 229 g/mol. The van der Waals surface area contributed by atoms with Crippen molar-refractivity contribution in [1.29, 1.82) is 0 Å². The van der Waals surface area contributed by atoms with Crippen LogP contribution in [0.2, 0.25) is 0 Å². The van der Waals surface area contributed by atoms with E-state index < -0.39 is 19.6 Å². The number of carboxylic acid groups (broad SMARTS) is 1. The third-order valence-electron chi connectivity index (χ3n) is 1.65. The minimum atomic E-state index is -3.58. The second kappa shape index (κ2) is 6.42. The molecule has 0 saturated heterocycles. The first-order valence-electron chi connectivity index (χ1n) is 4.02. The van der Waals surface area contributed by atoms with Crippen LogP contribution in [0, 0.1) is 0 Å². The van der Waals surface area contributed by atoms with Crippen molar-refractivity contribution in [2.75, 3.05) is 6.16 Å². The maximum Gasteiger partial charge on any atom is 0.338 e. The first-order chi connectivity index (χ1) is 6.39. The Balaban J connectivity index is 3.57. The van der Waals surface area contributed by atoms with Gasteiger partial charge >= 0.3 is 13.6 Å². The van der Waals surface area contributed by atoms with Gasteiger partial charge in [-0.1, -0.05) is 6.42 Å². The Morgan fingerprint density at radius 3 is 2.57 bits per heavy atom. The van der Waals surface area contributed by atoms with Gasteiger partial charge in [-0.05, 0) is 25.8 Å². The van der Waals surface area contributed by atoms with Crippen molar-refractivity contribution in [3.8, 4) is 0 Å². The van der Waals surface area contributed by atoms with Crippen molar-refractivity contribution in [2.24, 2.45) is 5.73 Å². The van der Waals surface area contributed by atoms with Crippen molar-refractivity contribution in [3.63, 3.8) is 0 Å². The molecule has 0 aliphatic carbocycles. The first kappa shape index (κ1) is 13.9. The monoisotopic (exact) mass is 243 g/mol. The van der Waals surface area contributed by atoms with Gasteiger partial charge in [-0.15, -0.1) is 0 Å². The predicted molar refractivity (Wildman–Crippen MR) is 54.2 cm³/mol. The Hall–Kier alpha value is -0.0700. The summed E-state index contributed by atoms with van der Waals surface area (Å²) in [6.07, 6.45) is 1.09. The summed E-state index contributed by atoms with van der Waals surface area (Å²) >= 11 is 3.24.